The summed E-state index contributed by atoms with van der Waals surface area (Å²) in [5.74, 6) is 0.798. The number of nitrogens with zero attached hydrogens (tertiary/aromatic N) is 2. The molecule has 0 radical (unpaired) electrons. The van der Waals surface area contributed by atoms with Gasteiger partial charge in [0.25, 0.3) is 0 Å². The number of nitrogens with one attached hydrogen (secondary N) is 1. The van der Waals surface area contributed by atoms with Gasteiger partial charge in [-0.15, -0.1) is 11.3 Å². The molecule has 0 atom stereocenters. The lowest BCUT2D eigenvalue weighted by Crippen LogP contribution is -2.23. The fourth-order valence-corrected chi connectivity index (χ4v) is 3.56. The summed E-state index contributed by atoms with van der Waals surface area (Å²) in [4.78, 5) is 8.73. The molecule has 1 heterocycles. The van der Waals surface area contributed by atoms with E-state index in [1.54, 1.807) is 18.4 Å². The predicted octanol–water partition coefficient (Wildman–Crippen LogP) is 4.39. The van der Waals surface area contributed by atoms with Gasteiger partial charge in [-0.2, -0.15) is 0 Å². The smallest absolute Gasteiger partial charge is 0.125 e. The maximum absolute atomic E-state index is 4.66. The first-order chi connectivity index (χ1) is 10.2. The van der Waals surface area contributed by atoms with Crippen LogP contribution in [0, 0.1) is 5.92 Å². The van der Waals surface area contributed by atoms with Crippen LogP contribution in [0.15, 0.2) is 23.0 Å². The van der Waals surface area contributed by atoms with E-state index in [1.165, 1.54) is 32.1 Å². The number of hydrogen-bond acceptors (Lipinski definition) is 4. The summed E-state index contributed by atoms with van der Waals surface area (Å²) in [6.45, 7) is 7.17. The van der Waals surface area contributed by atoms with Crippen molar-refractivity contribution in [3.05, 3.63) is 28.7 Å². The molecule has 0 aromatic carbocycles. The molecule has 0 bridgehead atoms. The molecule has 0 amide bonds. The van der Waals surface area contributed by atoms with Crippen LogP contribution in [0.4, 0.5) is 0 Å². The van der Waals surface area contributed by atoms with Crippen LogP contribution in [-0.4, -0.2) is 24.8 Å². The third-order valence-electron chi connectivity index (χ3n) is 3.97. The van der Waals surface area contributed by atoms with Crippen molar-refractivity contribution in [3.63, 3.8) is 0 Å². The summed E-state index contributed by atoms with van der Waals surface area (Å²) in [5.41, 5.74) is 2.95. The van der Waals surface area contributed by atoms with Gasteiger partial charge in [0.05, 0.1) is 11.4 Å². The lowest BCUT2D eigenvalue weighted by atomic mass is 9.89. The summed E-state index contributed by atoms with van der Waals surface area (Å²) in [7, 11) is 1.78. The van der Waals surface area contributed by atoms with Crippen molar-refractivity contribution >= 4 is 28.8 Å². The maximum atomic E-state index is 4.66. The van der Waals surface area contributed by atoms with E-state index >= 15 is 0 Å². The molecule has 1 aromatic heterocycles. The molecule has 1 aromatic rings. The van der Waals surface area contributed by atoms with Crippen LogP contribution in [0.25, 0.3) is 11.3 Å². The molecular formula is C17H25N3S. The first-order valence-corrected chi connectivity index (χ1v) is 8.60. The third-order valence-corrected chi connectivity index (χ3v) is 4.86. The highest BCUT2D eigenvalue weighted by Crippen LogP contribution is 2.24. The van der Waals surface area contributed by atoms with Crippen LogP contribution < -0.4 is 5.32 Å². The first kappa shape index (κ1) is 16.0. The van der Waals surface area contributed by atoms with E-state index in [0.29, 0.717) is 0 Å². The molecule has 1 fully saturated rings. The Bertz CT molecular complexity index is 522. The summed E-state index contributed by atoms with van der Waals surface area (Å²) in [6, 6.07) is 0. The minimum absolute atomic E-state index is 0.798. The van der Waals surface area contributed by atoms with Crippen molar-refractivity contribution in [2.24, 2.45) is 10.9 Å². The molecular weight excluding hydrogens is 278 g/mol. The molecule has 1 N–H and O–H groups in total. The highest BCUT2D eigenvalue weighted by atomic mass is 32.1. The zero-order valence-corrected chi connectivity index (χ0v) is 13.9. The van der Waals surface area contributed by atoms with Crippen molar-refractivity contribution in [3.8, 4) is 0 Å². The largest absolute Gasteiger partial charge is 0.383 e. The molecule has 1 aliphatic carbocycles. The maximum Gasteiger partial charge on any atom is 0.125 e. The Morgan fingerprint density at radius 2 is 2.24 bits per heavy atom. The van der Waals surface area contributed by atoms with Crippen molar-refractivity contribution < 1.29 is 0 Å². The first-order valence-electron chi connectivity index (χ1n) is 7.72. The Morgan fingerprint density at radius 3 is 2.90 bits per heavy atom. The lowest BCUT2D eigenvalue weighted by Gasteiger charge is -2.22. The van der Waals surface area contributed by atoms with E-state index in [2.05, 4.69) is 27.3 Å². The van der Waals surface area contributed by atoms with Gasteiger partial charge in [-0.3, -0.25) is 4.99 Å². The van der Waals surface area contributed by atoms with Crippen molar-refractivity contribution in [1.29, 1.82) is 0 Å². The van der Waals surface area contributed by atoms with Gasteiger partial charge >= 0.3 is 0 Å². The predicted molar refractivity (Wildman–Crippen MR) is 93.8 cm³/mol. The van der Waals surface area contributed by atoms with Gasteiger partial charge in [0, 0.05) is 30.8 Å². The average molecular weight is 303 g/mol. The molecule has 3 nitrogen and oxygen atoms in total. The van der Waals surface area contributed by atoms with Crippen LogP contribution in [0.3, 0.4) is 0 Å². The van der Waals surface area contributed by atoms with E-state index in [1.807, 2.05) is 19.2 Å². The molecule has 0 unspecified atom stereocenters. The van der Waals surface area contributed by atoms with E-state index in [-0.39, 0.29) is 0 Å². The SMILES string of the molecule is C=C(NCC1CCCCC1)c1csc(C(/C=N\C)=C/C)n1. The van der Waals surface area contributed by atoms with E-state index in [0.717, 1.165) is 34.4 Å². The summed E-state index contributed by atoms with van der Waals surface area (Å²) in [6.07, 6.45) is 10.7. The molecule has 1 saturated carbocycles. The Labute approximate surface area is 131 Å². The van der Waals surface area contributed by atoms with Gasteiger partial charge in [-0.05, 0) is 25.7 Å². The quantitative estimate of drug-likeness (QED) is 0.791. The molecule has 4 heteroatoms. The van der Waals surface area contributed by atoms with Gasteiger partial charge < -0.3 is 5.32 Å². The van der Waals surface area contributed by atoms with Crippen LogP contribution >= 0.6 is 11.3 Å². The zero-order valence-electron chi connectivity index (χ0n) is 13.1. The van der Waals surface area contributed by atoms with E-state index < -0.39 is 0 Å². The Kier molecular flexibility index (Phi) is 6.18. The number of hydrogen-bond donors (Lipinski definition) is 1. The highest BCUT2D eigenvalue weighted by Gasteiger charge is 2.14. The van der Waals surface area contributed by atoms with Crippen molar-refractivity contribution in [1.82, 2.24) is 10.3 Å². The van der Waals surface area contributed by atoms with Crippen LogP contribution in [0.5, 0.6) is 0 Å². The topological polar surface area (TPSA) is 37.3 Å². The molecule has 21 heavy (non-hydrogen) atoms. The molecule has 1 aliphatic rings. The Morgan fingerprint density at radius 1 is 1.48 bits per heavy atom. The number of allylic oxidation sites excluding steroid dienone is 2. The molecule has 0 spiro atoms. The van der Waals surface area contributed by atoms with Crippen LogP contribution in [-0.2, 0) is 0 Å². The van der Waals surface area contributed by atoms with Gasteiger partial charge in [-0.25, -0.2) is 4.98 Å². The Hall–Kier alpha value is -1.42. The van der Waals surface area contributed by atoms with Crippen molar-refractivity contribution in [2.45, 2.75) is 39.0 Å². The molecule has 0 aliphatic heterocycles. The van der Waals surface area contributed by atoms with Gasteiger partial charge in [0.15, 0.2) is 0 Å². The summed E-state index contributed by atoms with van der Waals surface area (Å²) >= 11 is 1.64. The van der Waals surface area contributed by atoms with Crippen LogP contribution in [0.1, 0.15) is 49.7 Å². The zero-order chi connectivity index (χ0) is 15.1. The van der Waals surface area contributed by atoms with Gasteiger partial charge in [0.1, 0.15) is 5.01 Å². The lowest BCUT2D eigenvalue weighted by molar-refractivity contribution is 0.355. The number of thiazole rings is 1. The molecule has 114 valence electrons. The highest BCUT2D eigenvalue weighted by molar-refractivity contribution is 7.11. The monoisotopic (exact) mass is 303 g/mol. The molecule has 2 rings (SSSR count). The van der Waals surface area contributed by atoms with Crippen molar-refractivity contribution in [2.75, 3.05) is 13.6 Å². The van der Waals surface area contributed by atoms with Crippen LogP contribution in [0.2, 0.25) is 0 Å². The van der Waals surface area contributed by atoms with E-state index in [4.69, 9.17) is 0 Å². The molecule has 0 saturated heterocycles. The number of aromatic nitrogens is 1. The Balaban J connectivity index is 1.92. The summed E-state index contributed by atoms with van der Waals surface area (Å²) in [5, 5.41) is 6.53. The van der Waals surface area contributed by atoms with Gasteiger partial charge in [0.2, 0.25) is 0 Å². The number of rotatable bonds is 6. The second-order valence-electron chi connectivity index (χ2n) is 5.53. The summed E-state index contributed by atoms with van der Waals surface area (Å²) < 4.78 is 0. The second-order valence-corrected chi connectivity index (χ2v) is 6.39. The minimum Gasteiger partial charge on any atom is -0.383 e. The fourth-order valence-electron chi connectivity index (χ4n) is 2.69. The third kappa shape index (κ3) is 4.53. The van der Waals surface area contributed by atoms with E-state index in [9.17, 15) is 0 Å². The average Bonchev–Trinajstić information content (AvgIpc) is 3.01. The minimum atomic E-state index is 0.798. The second kappa shape index (κ2) is 8.13. The normalized spacial score (nSPS) is 17.3. The van der Waals surface area contributed by atoms with Gasteiger partial charge in [-0.1, -0.05) is 31.9 Å². The standard InChI is InChI=1S/C17H25N3S/c1-4-15(11-18-3)17-20-16(12-21-17)13(2)19-10-14-8-6-5-7-9-14/h4,11-12,14,19H,2,5-10H2,1,3H3/b15-4+,18-11-. The number of aliphatic imine (C=N–C) groups is 1. The fraction of sp³-hybridized carbons (Fsp3) is 0.529.